The van der Waals surface area contributed by atoms with Crippen molar-refractivity contribution in [3.8, 4) is 11.1 Å². The normalized spacial score (nSPS) is 10.0. The lowest BCUT2D eigenvalue weighted by Crippen LogP contribution is -2.30. The number of carboxylic acids is 2. The molecule has 9 heteroatoms. The Balaban J connectivity index is 0. The molecule has 0 radical (unpaired) electrons. The third-order valence-electron chi connectivity index (χ3n) is 3.36. The highest BCUT2D eigenvalue weighted by molar-refractivity contribution is 5.76. The summed E-state index contributed by atoms with van der Waals surface area (Å²) in [5.74, 6) is -1.92. The van der Waals surface area contributed by atoms with E-state index in [-0.39, 0.29) is 12.7 Å². The van der Waals surface area contributed by atoms with Crippen LogP contribution < -0.4 is 23.4 Å². The van der Waals surface area contributed by atoms with Gasteiger partial charge in [0, 0.05) is 5.56 Å². The van der Waals surface area contributed by atoms with Gasteiger partial charge in [-0.3, -0.25) is 14.4 Å². The Morgan fingerprint density at radius 2 is 1.41 bits per heavy atom. The zero-order valence-electron chi connectivity index (χ0n) is 16.2. The molecule has 0 aliphatic carbocycles. The second kappa shape index (κ2) is 17.0. The van der Waals surface area contributed by atoms with Crippen LogP contribution in [0.3, 0.4) is 0 Å². The second-order valence-corrected chi connectivity index (χ2v) is 5.58. The number of carboxylic acid groups (broad SMARTS) is 2. The Bertz CT molecular complexity index is 709. The van der Waals surface area contributed by atoms with E-state index in [0.29, 0.717) is 24.9 Å². The Hall–Kier alpha value is -3.11. The van der Waals surface area contributed by atoms with Crippen LogP contribution in [0.1, 0.15) is 23.2 Å². The van der Waals surface area contributed by atoms with Crippen LogP contribution in [0, 0.1) is 0 Å². The van der Waals surface area contributed by atoms with Gasteiger partial charge in [-0.15, -0.1) is 0 Å². The van der Waals surface area contributed by atoms with Crippen molar-refractivity contribution in [2.24, 2.45) is 17.2 Å². The molecule has 0 aromatic heterocycles. The summed E-state index contributed by atoms with van der Waals surface area (Å²) in [6.07, 6.45) is 1.99. The van der Waals surface area contributed by atoms with Gasteiger partial charge in [0.05, 0.1) is 6.54 Å². The van der Waals surface area contributed by atoms with Crippen molar-refractivity contribution in [1.29, 1.82) is 0 Å². The summed E-state index contributed by atoms with van der Waals surface area (Å²) in [5.41, 5.74) is 17.9. The Kier molecular flexibility index (Phi) is 16.5. The second-order valence-electron chi connectivity index (χ2n) is 5.58. The number of carbonyl (C=O) groups is 3. The topological polar surface area (TPSA) is 205 Å². The maximum absolute atomic E-state index is 10.5. The predicted octanol–water partition coefficient (Wildman–Crippen LogP) is 1.50. The molecule has 160 valence electrons. The predicted molar refractivity (Wildman–Crippen MR) is 113 cm³/mol. The number of nitrogens with two attached hydrogens (primary N) is 3. The number of benzene rings is 2. The maximum Gasteiger partial charge on any atom is 0.320 e. The molecule has 2 aromatic rings. The molecule has 0 aliphatic rings. The highest BCUT2D eigenvalue weighted by Crippen LogP contribution is 2.18. The Morgan fingerprint density at radius 3 is 1.79 bits per heavy atom. The smallest absolute Gasteiger partial charge is 0.320 e. The summed E-state index contributed by atoms with van der Waals surface area (Å²) in [6, 6.07) is 16.9. The molecule has 0 heterocycles. The average molecular weight is 406 g/mol. The van der Waals surface area contributed by atoms with Gasteiger partial charge < -0.3 is 33.6 Å². The van der Waals surface area contributed by atoms with Crippen LogP contribution in [0.25, 0.3) is 11.1 Å². The van der Waals surface area contributed by atoms with Crippen LogP contribution in [0.4, 0.5) is 0 Å². The van der Waals surface area contributed by atoms with E-state index in [1.807, 2.05) is 42.5 Å². The molecule has 9 nitrogen and oxygen atoms in total. The third kappa shape index (κ3) is 13.7. The molecule has 2 rings (SSSR count). The van der Waals surface area contributed by atoms with Crippen molar-refractivity contribution in [3.63, 3.8) is 0 Å². The van der Waals surface area contributed by atoms with Crippen LogP contribution in [0.5, 0.6) is 0 Å². The molecule has 0 saturated heterocycles. The lowest BCUT2D eigenvalue weighted by Gasteiger charge is -2.02. The van der Waals surface area contributed by atoms with E-state index in [0.717, 1.165) is 11.8 Å². The molecular formula is C20H30N4O5. The van der Waals surface area contributed by atoms with E-state index >= 15 is 0 Å². The van der Waals surface area contributed by atoms with E-state index < -0.39 is 18.0 Å². The van der Waals surface area contributed by atoms with Gasteiger partial charge >= 0.3 is 11.9 Å². The first-order valence-electron chi connectivity index (χ1n) is 8.56. The average Bonchev–Trinajstić information content (AvgIpc) is 2.73. The van der Waals surface area contributed by atoms with E-state index in [9.17, 15) is 14.4 Å². The van der Waals surface area contributed by atoms with Gasteiger partial charge in [-0.05, 0) is 30.5 Å². The highest BCUT2D eigenvalue weighted by Gasteiger charge is 2.08. The van der Waals surface area contributed by atoms with Crippen molar-refractivity contribution in [2.75, 3.05) is 13.1 Å². The molecular weight excluding hydrogens is 376 g/mol. The van der Waals surface area contributed by atoms with Crippen molar-refractivity contribution in [2.45, 2.75) is 18.9 Å². The summed E-state index contributed by atoms with van der Waals surface area (Å²) in [5, 5.41) is 15.8. The summed E-state index contributed by atoms with van der Waals surface area (Å²) in [4.78, 5) is 29.7. The number of hydrogen-bond acceptors (Lipinski definition) is 7. The summed E-state index contributed by atoms with van der Waals surface area (Å²) < 4.78 is 0. The Labute approximate surface area is 170 Å². The summed E-state index contributed by atoms with van der Waals surface area (Å²) in [7, 11) is 0. The number of carbonyl (C=O) groups excluding carboxylic acids is 1. The molecule has 1 atom stereocenters. The van der Waals surface area contributed by atoms with E-state index in [1.165, 1.54) is 5.56 Å². The Morgan fingerprint density at radius 1 is 0.931 bits per heavy atom. The first-order chi connectivity index (χ1) is 13.3. The molecule has 0 fully saturated rings. The molecule has 2 aromatic carbocycles. The molecule has 11 N–H and O–H groups in total. The maximum atomic E-state index is 10.5. The molecule has 0 bridgehead atoms. The van der Waals surface area contributed by atoms with Crippen molar-refractivity contribution < 1.29 is 24.6 Å². The van der Waals surface area contributed by atoms with Gasteiger partial charge in [-0.1, -0.05) is 54.6 Å². The number of aldehydes is 1. The fraction of sp³-hybridized carbons (Fsp3) is 0.250. The van der Waals surface area contributed by atoms with Crippen LogP contribution >= 0.6 is 0 Å². The molecule has 0 amide bonds. The number of rotatable bonds is 7. The fourth-order valence-electron chi connectivity index (χ4n) is 1.85. The first-order valence-corrected chi connectivity index (χ1v) is 8.56. The summed E-state index contributed by atoms with van der Waals surface area (Å²) in [6.45, 7) is 0.223. The van der Waals surface area contributed by atoms with Gasteiger partial charge in [-0.2, -0.15) is 0 Å². The molecule has 0 spiro atoms. The van der Waals surface area contributed by atoms with Crippen LogP contribution in [-0.2, 0) is 9.59 Å². The van der Waals surface area contributed by atoms with Gasteiger partial charge in [0.15, 0.2) is 0 Å². The van der Waals surface area contributed by atoms with Gasteiger partial charge in [0.2, 0.25) is 0 Å². The van der Waals surface area contributed by atoms with Crippen LogP contribution in [0.15, 0.2) is 54.6 Å². The standard InChI is InChI=1S/C13H10O.C5H12N2O2.C2H5NO2.H3N/c14-10-11-6-8-13(9-7-11)12-4-2-1-3-5-12;6-3-1-2-4(7)5(8)9;3-1-2(4)5;/h1-10H;4H,1-3,6-7H2,(H,8,9);1,3H2,(H,4,5);1H3/t;4-;;/m.0../s1. The van der Waals surface area contributed by atoms with Gasteiger partial charge in [0.1, 0.15) is 12.3 Å². The molecule has 0 unspecified atom stereocenters. The first kappa shape index (κ1) is 28.1. The monoisotopic (exact) mass is 406 g/mol. The minimum Gasteiger partial charge on any atom is -0.480 e. The van der Waals surface area contributed by atoms with Gasteiger partial charge in [0.25, 0.3) is 0 Å². The quantitative estimate of drug-likeness (QED) is 0.368. The van der Waals surface area contributed by atoms with Gasteiger partial charge in [-0.25, -0.2) is 0 Å². The zero-order chi connectivity index (χ0) is 21.4. The largest absolute Gasteiger partial charge is 0.480 e. The third-order valence-corrected chi connectivity index (χ3v) is 3.36. The highest BCUT2D eigenvalue weighted by atomic mass is 16.4. The molecule has 0 aliphatic heterocycles. The summed E-state index contributed by atoms with van der Waals surface area (Å²) >= 11 is 0. The fourth-order valence-corrected chi connectivity index (χ4v) is 1.85. The minimum atomic E-state index is -0.968. The minimum absolute atomic E-state index is 0. The van der Waals surface area contributed by atoms with Crippen LogP contribution in [-0.4, -0.2) is 47.6 Å². The molecule has 0 saturated carbocycles. The van der Waals surface area contributed by atoms with E-state index in [4.69, 9.17) is 21.7 Å². The van der Waals surface area contributed by atoms with E-state index in [2.05, 4.69) is 17.9 Å². The SMILES string of the molecule is N.NCC(=O)O.NCCC[C@H](N)C(=O)O.O=Cc1ccc(-c2ccccc2)cc1. The van der Waals surface area contributed by atoms with E-state index in [1.54, 1.807) is 0 Å². The van der Waals surface area contributed by atoms with Crippen molar-refractivity contribution in [3.05, 3.63) is 60.2 Å². The lowest BCUT2D eigenvalue weighted by atomic mass is 10.0. The zero-order valence-corrected chi connectivity index (χ0v) is 16.2. The van der Waals surface area contributed by atoms with Crippen molar-refractivity contribution in [1.82, 2.24) is 6.15 Å². The molecule has 29 heavy (non-hydrogen) atoms. The lowest BCUT2D eigenvalue weighted by molar-refractivity contribution is -0.138. The van der Waals surface area contributed by atoms with Crippen LogP contribution in [0.2, 0.25) is 0 Å². The van der Waals surface area contributed by atoms with Crippen molar-refractivity contribution >= 4 is 18.2 Å². The number of aliphatic carboxylic acids is 2. The number of hydrogen-bond donors (Lipinski definition) is 6.